The molecule has 2 heterocycles. The molecule has 2 fully saturated rings. The van der Waals surface area contributed by atoms with Crippen LogP contribution in [0.2, 0.25) is 0 Å². The van der Waals surface area contributed by atoms with Gasteiger partial charge in [0.1, 0.15) is 0 Å². The number of nitrogens with one attached hydrogen (secondary N) is 3. The lowest BCUT2D eigenvalue weighted by atomic mass is 10.0. The third kappa shape index (κ3) is 5.90. The summed E-state index contributed by atoms with van der Waals surface area (Å²) in [5, 5.41) is 9.37. The van der Waals surface area contributed by atoms with Gasteiger partial charge in [-0.1, -0.05) is 18.2 Å². The van der Waals surface area contributed by atoms with Gasteiger partial charge in [0.2, 0.25) is 5.91 Å². The fraction of sp³-hybridized carbons (Fsp3) is 0.556. The van der Waals surface area contributed by atoms with Crippen LogP contribution < -0.4 is 16.0 Å². The Kier molecular flexibility index (Phi) is 7.52. The number of hydrogen-bond acceptors (Lipinski definition) is 3. The van der Waals surface area contributed by atoms with Gasteiger partial charge in [0.25, 0.3) is 0 Å². The van der Waals surface area contributed by atoms with Crippen molar-refractivity contribution in [1.29, 1.82) is 0 Å². The molecule has 3 rings (SSSR count). The van der Waals surface area contributed by atoms with Gasteiger partial charge in [-0.15, -0.1) is 12.4 Å². The van der Waals surface area contributed by atoms with Crippen molar-refractivity contribution in [3.63, 3.8) is 0 Å². The van der Waals surface area contributed by atoms with Crippen molar-refractivity contribution in [3.05, 3.63) is 30.3 Å². The van der Waals surface area contributed by atoms with Gasteiger partial charge in [-0.3, -0.25) is 4.79 Å². The number of piperidine rings is 1. The summed E-state index contributed by atoms with van der Waals surface area (Å²) in [6, 6.07) is 9.92. The van der Waals surface area contributed by atoms with E-state index in [4.69, 9.17) is 0 Å². The first kappa shape index (κ1) is 19.5. The third-order valence-corrected chi connectivity index (χ3v) is 4.77. The first-order valence-corrected chi connectivity index (χ1v) is 8.84. The SMILES string of the molecule is Cl.O=C(CC1CCCN1)NC1CCN(C(=O)Nc2ccccc2)CC1. The Morgan fingerprint density at radius 2 is 1.84 bits per heavy atom. The molecule has 1 aromatic carbocycles. The summed E-state index contributed by atoms with van der Waals surface area (Å²) >= 11 is 0. The second-order valence-electron chi connectivity index (χ2n) is 6.62. The summed E-state index contributed by atoms with van der Waals surface area (Å²) in [4.78, 5) is 26.1. The molecule has 3 N–H and O–H groups in total. The predicted octanol–water partition coefficient (Wildman–Crippen LogP) is 2.36. The maximum atomic E-state index is 12.2. The summed E-state index contributed by atoms with van der Waals surface area (Å²) in [7, 11) is 0. The molecule has 0 saturated carbocycles. The molecule has 1 atom stereocenters. The third-order valence-electron chi connectivity index (χ3n) is 4.77. The summed E-state index contributed by atoms with van der Waals surface area (Å²) in [6.07, 6.45) is 4.44. The van der Waals surface area contributed by atoms with Crippen LogP contribution in [-0.2, 0) is 4.79 Å². The second-order valence-corrected chi connectivity index (χ2v) is 6.62. The monoisotopic (exact) mass is 366 g/mol. The number of carbonyl (C=O) groups is 2. The number of amides is 3. The van der Waals surface area contributed by atoms with Gasteiger partial charge in [0.15, 0.2) is 0 Å². The average molecular weight is 367 g/mol. The average Bonchev–Trinajstić information content (AvgIpc) is 3.09. The van der Waals surface area contributed by atoms with Crippen LogP contribution in [0.4, 0.5) is 10.5 Å². The van der Waals surface area contributed by atoms with E-state index < -0.39 is 0 Å². The molecule has 2 saturated heterocycles. The van der Waals surface area contributed by atoms with Gasteiger partial charge >= 0.3 is 6.03 Å². The molecule has 25 heavy (non-hydrogen) atoms. The van der Waals surface area contributed by atoms with Gasteiger partial charge < -0.3 is 20.9 Å². The zero-order valence-corrected chi connectivity index (χ0v) is 15.2. The molecule has 6 nitrogen and oxygen atoms in total. The van der Waals surface area contributed by atoms with Gasteiger partial charge in [0.05, 0.1) is 0 Å². The Morgan fingerprint density at radius 3 is 2.48 bits per heavy atom. The lowest BCUT2D eigenvalue weighted by Gasteiger charge is -2.32. The molecule has 2 aliphatic heterocycles. The van der Waals surface area contributed by atoms with Crippen LogP contribution in [0.1, 0.15) is 32.1 Å². The normalized spacial score (nSPS) is 20.6. The molecule has 0 radical (unpaired) electrons. The Bertz CT molecular complexity index is 555. The van der Waals surface area contributed by atoms with E-state index in [1.54, 1.807) is 0 Å². The van der Waals surface area contributed by atoms with Crippen molar-refractivity contribution in [3.8, 4) is 0 Å². The number of para-hydroxylation sites is 1. The quantitative estimate of drug-likeness (QED) is 0.765. The number of anilines is 1. The molecule has 0 aromatic heterocycles. The van der Waals surface area contributed by atoms with Crippen LogP contribution in [-0.4, -0.2) is 48.6 Å². The number of urea groups is 1. The van der Waals surface area contributed by atoms with Gasteiger partial charge in [-0.25, -0.2) is 4.79 Å². The lowest BCUT2D eigenvalue weighted by molar-refractivity contribution is -0.122. The summed E-state index contributed by atoms with van der Waals surface area (Å²) in [5.74, 6) is 0.126. The van der Waals surface area contributed by atoms with Crippen LogP contribution in [0.3, 0.4) is 0 Å². The number of carbonyl (C=O) groups excluding carboxylic acids is 2. The molecule has 0 spiro atoms. The van der Waals surface area contributed by atoms with Crippen molar-refractivity contribution in [2.24, 2.45) is 0 Å². The summed E-state index contributed by atoms with van der Waals surface area (Å²) in [6.45, 7) is 2.36. The molecule has 0 aliphatic carbocycles. The molecule has 3 amide bonds. The van der Waals surface area contributed by atoms with Crippen LogP contribution in [0.15, 0.2) is 30.3 Å². The topological polar surface area (TPSA) is 73.5 Å². The minimum atomic E-state index is -0.0684. The fourth-order valence-electron chi connectivity index (χ4n) is 3.39. The smallest absolute Gasteiger partial charge is 0.321 e. The number of benzene rings is 1. The van der Waals surface area contributed by atoms with Crippen molar-refractivity contribution in [2.75, 3.05) is 25.0 Å². The summed E-state index contributed by atoms with van der Waals surface area (Å²) < 4.78 is 0. The number of likely N-dealkylation sites (tertiary alicyclic amines) is 1. The molecular weight excluding hydrogens is 340 g/mol. The molecule has 1 unspecified atom stereocenters. The highest BCUT2D eigenvalue weighted by molar-refractivity contribution is 5.89. The Labute approximate surface area is 155 Å². The van der Waals surface area contributed by atoms with Crippen molar-refractivity contribution in [2.45, 2.75) is 44.2 Å². The number of hydrogen-bond donors (Lipinski definition) is 3. The molecular formula is C18H27ClN4O2. The van der Waals surface area contributed by atoms with Crippen molar-refractivity contribution < 1.29 is 9.59 Å². The number of halogens is 1. The van der Waals surface area contributed by atoms with Gasteiger partial charge in [-0.2, -0.15) is 0 Å². The van der Waals surface area contributed by atoms with E-state index in [2.05, 4.69) is 16.0 Å². The minimum Gasteiger partial charge on any atom is -0.353 e. The highest BCUT2D eigenvalue weighted by atomic mass is 35.5. The van der Waals surface area contributed by atoms with E-state index in [1.807, 2.05) is 35.2 Å². The Morgan fingerprint density at radius 1 is 1.12 bits per heavy atom. The lowest BCUT2D eigenvalue weighted by Crippen LogP contribution is -2.48. The highest BCUT2D eigenvalue weighted by Crippen LogP contribution is 2.14. The first-order valence-electron chi connectivity index (χ1n) is 8.84. The largest absolute Gasteiger partial charge is 0.353 e. The van der Waals surface area contributed by atoms with Crippen LogP contribution in [0.5, 0.6) is 0 Å². The zero-order valence-electron chi connectivity index (χ0n) is 14.4. The number of nitrogens with zero attached hydrogens (tertiary/aromatic N) is 1. The zero-order chi connectivity index (χ0) is 16.8. The maximum absolute atomic E-state index is 12.2. The van der Waals surface area contributed by atoms with Crippen LogP contribution in [0, 0.1) is 0 Å². The van der Waals surface area contributed by atoms with E-state index in [0.29, 0.717) is 25.6 Å². The van der Waals surface area contributed by atoms with Crippen LogP contribution >= 0.6 is 12.4 Å². The van der Waals surface area contributed by atoms with Crippen LogP contribution in [0.25, 0.3) is 0 Å². The van der Waals surface area contributed by atoms with E-state index in [1.165, 1.54) is 0 Å². The highest BCUT2D eigenvalue weighted by Gasteiger charge is 2.25. The Hall–Kier alpha value is -1.79. The van der Waals surface area contributed by atoms with Crippen molar-refractivity contribution >= 4 is 30.0 Å². The van der Waals surface area contributed by atoms with E-state index in [-0.39, 0.29) is 30.4 Å². The molecule has 0 bridgehead atoms. The predicted molar refractivity (Wildman–Crippen MR) is 101 cm³/mol. The standard InChI is InChI=1S/C18H26N4O2.ClH/c23-17(13-16-7-4-10-19-16)20-15-8-11-22(12-9-15)18(24)21-14-5-2-1-3-6-14;/h1-3,5-6,15-16,19H,4,7-13H2,(H,20,23)(H,21,24);1H. The minimum absolute atomic E-state index is 0. The molecule has 1 aromatic rings. The maximum Gasteiger partial charge on any atom is 0.321 e. The Balaban J connectivity index is 0.00000225. The number of rotatable bonds is 4. The molecule has 2 aliphatic rings. The second kappa shape index (κ2) is 9.63. The van der Waals surface area contributed by atoms with E-state index in [9.17, 15) is 9.59 Å². The van der Waals surface area contributed by atoms with E-state index >= 15 is 0 Å². The molecule has 7 heteroatoms. The van der Waals surface area contributed by atoms with E-state index in [0.717, 1.165) is 37.9 Å². The van der Waals surface area contributed by atoms with Crippen molar-refractivity contribution in [1.82, 2.24) is 15.5 Å². The summed E-state index contributed by atoms with van der Waals surface area (Å²) in [5.41, 5.74) is 0.807. The fourth-order valence-corrected chi connectivity index (χ4v) is 3.39. The van der Waals surface area contributed by atoms with Gasteiger partial charge in [0, 0.05) is 37.3 Å². The van der Waals surface area contributed by atoms with Gasteiger partial charge in [-0.05, 0) is 44.4 Å². The molecule has 138 valence electrons. The first-order chi connectivity index (χ1) is 11.7.